The lowest BCUT2D eigenvalue weighted by Gasteiger charge is -2.11. The first kappa shape index (κ1) is 14.4. The van der Waals surface area contributed by atoms with Crippen LogP contribution in [0.4, 0.5) is 14.5 Å². The van der Waals surface area contributed by atoms with Gasteiger partial charge in [-0.25, -0.2) is 8.78 Å². The molecule has 0 aromatic heterocycles. The van der Waals surface area contributed by atoms with E-state index < -0.39 is 11.6 Å². The zero-order valence-corrected chi connectivity index (χ0v) is 12.4. The number of nitrogens with one attached hydrogen (secondary N) is 1. The zero-order chi connectivity index (χ0) is 14.8. The minimum Gasteiger partial charge on any atom is -0.331 e. The third-order valence-corrected chi connectivity index (χ3v) is 4.52. The summed E-state index contributed by atoms with van der Waals surface area (Å²) in [5, 5.41) is 3.61. The molecule has 2 nitrogen and oxygen atoms in total. The van der Waals surface area contributed by atoms with Crippen LogP contribution in [-0.4, -0.2) is 11.7 Å². The number of halogens is 3. The molecule has 0 amide bonds. The second-order valence-electron chi connectivity index (χ2n) is 4.53. The van der Waals surface area contributed by atoms with Gasteiger partial charge in [0.2, 0.25) is 0 Å². The fourth-order valence-corrected chi connectivity index (χ4v) is 3.32. The van der Waals surface area contributed by atoms with Crippen molar-refractivity contribution in [3.05, 3.63) is 64.7 Å². The number of nitrogens with zero attached hydrogens (tertiary/aromatic N) is 1. The van der Waals surface area contributed by atoms with Crippen molar-refractivity contribution in [2.75, 3.05) is 11.9 Å². The van der Waals surface area contributed by atoms with E-state index >= 15 is 0 Å². The molecule has 1 atom stereocenters. The standard InChI is InChI=1S/C15H11ClF2N2S/c16-11-6-10(17)7-12(18)14(11)20-15-19-8-13(21-15)9-4-2-1-3-5-9/h1-7,13H,8H2,(H,19,20). The van der Waals surface area contributed by atoms with Gasteiger partial charge in [0.1, 0.15) is 5.82 Å². The van der Waals surface area contributed by atoms with Gasteiger partial charge in [-0.2, -0.15) is 0 Å². The summed E-state index contributed by atoms with van der Waals surface area (Å²) in [6.45, 7) is 0.609. The molecule has 108 valence electrons. The van der Waals surface area contributed by atoms with Gasteiger partial charge >= 0.3 is 0 Å². The number of hydrogen-bond donors (Lipinski definition) is 1. The number of rotatable bonds is 2. The van der Waals surface area contributed by atoms with Gasteiger partial charge in [0.15, 0.2) is 11.0 Å². The molecule has 3 rings (SSSR count). The zero-order valence-electron chi connectivity index (χ0n) is 10.8. The Morgan fingerprint density at radius 2 is 1.95 bits per heavy atom. The van der Waals surface area contributed by atoms with Gasteiger partial charge in [0.05, 0.1) is 22.5 Å². The summed E-state index contributed by atoms with van der Waals surface area (Å²) in [5.74, 6) is -1.43. The average molecular weight is 325 g/mol. The SMILES string of the molecule is Fc1cc(F)c(NC2=NCC(c3ccccc3)S2)c(Cl)c1. The molecule has 2 aromatic carbocycles. The topological polar surface area (TPSA) is 24.4 Å². The molecule has 0 bridgehead atoms. The van der Waals surface area contributed by atoms with Gasteiger partial charge in [-0.3, -0.25) is 4.99 Å². The van der Waals surface area contributed by atoms with Gasteiger partial charge in [-0.15, -0.1) is 0 Å². The Hall–Kier alpha value is -1.59. The van der Waals surface area contributed by atoms with E-state index in [2.05, 4.69) is 10.3 Å². The lowest BCUT2D eigenvalue weighted by atomic mass is 10.1. The number of aliphatic imine (C=N–C) groups is 1. The molecule has 21 heavy (non-hydrogen) atoms. The second kappa shape index (κ2) is 6.03. The van der Waals surface area contributed by atoms with Crippen molar-refractivity contribution < 1.29 is 8.78 Å². The van der Waals surface area contributed by atoms with Crippen molar-refractivity contribution in [1.29, 1.82) is 0 Å². The van der Waals surface area contributed by atoms with Crippen LogP contribution in [0.1, 0.15) is 10.8 Å². The molecule has 1 heterocycles. The molecule has 0 fully saturated rings. The molecule has 0 spiro atoms. The highest BCUT2D eigenvalue weighted by molar-refractivity contribution is 8.14. The molecule has 1 aliphatic rings. The fraction of sp³-hybridized carbons (Fsp3) is 0.133. The predicted molar refractivity (Wildman–Crippen MR) is 84.1 cm³/mol. The molecule has 0 radical (unpaired) electrons. The van der Waals surface area contributed by atoms with Crippen molar-refractivity contribution in [3.63, 3.8) is 0 Å². The van der Waals surface area contributed by atoms with Gasteiger partial charge in [-0.05, 0) is 11.6 Å². The van der Waals surface area contributed by atoms with Crippen LogP contribution in [-0.2, 0) is 0 Å². The van der Waals surface area contributed by atoms with Gasteiger partial charge < -0.3 is 5.32 Å². The Labute approximate surface area is 130 Å². The van der Waals surface area contributed by atoms with Gasteiger partial charge in [0.25, 0.3) is 0 Å². The molecule has 0 saturated carbocycles. The van der Waals surface area contributed by atoms with Crippen LogP contribution in [0.5, 0.6) is 0 Å². The lowest BCUT2D eigenvalue weighted by Crippen LogP contribution is -2.08. The summed E-state index contributed by atoms with van der Waals surface area (Å²) in [5.41, 5.74) is 1.21. The average Bonchev–Trinajstić information content (AvgIpc) is 2.92. The van der Waals surface area contributed by atoms with Crippen molar-refractivity contribution in [1.82, 2.24) is 0 Å². The first-order valence-corrected chi connectivity index (χ1v) is 7.57. The Balaban J connectivity index is 1.73. The van der Waals surface area contributed by atoms with Crippen LogP contribution in [0.15, 0.2) is 47.5 Å². The molecule has 6 heteroatoms. The number of anilines is 1. The molecular formula is C15H11ClF2N2S. The number of benzene rings is 2. The summed E-state index contributed by atoms with van der Waals surface area (Å²) in [6.07, 6.45) is 0. The summed E-state index contributed by atoms with van der Waals surface area (Å²) < 4.78 is 26.8. The van der Waals surface area contributed by atoms with Crippen LogP contribution in [0.2, 0.25) is 5.02 Å². The first-order valence-electron chi connectivity index (χ1n) is 6.31. The van der Waals surface area contributed by atoms with Crippen LogP contribution in [0.25, 0.3) is 0 Å². The van der Waals surface area contributed by atoms with E-state index in [0.29, 0.717) is 11.7 Å². The summed E-state index contributed by atoms with van der Waals surface area (Å²) in [6, 6.07) is 11.8. The Morgan fingerprint density at radius 1 is 1.19 bits per heavy atom. The van der Waals surface area contributed by atoms with E-state index in [9.17, 15) is 8.78 Å². The monoisotopic (exact) mass is 324 g/mol. The Morgan fingerprint density at radius 3 is 2.67 bits per heavy atom. The summed E-state index contributed by atoms with van der Waals surface area (Å²) in [7, 11) is 0. The summed E-state index contributed by atoms with van der Waals surface area (Å²) in [4.78, 5) is 4.34. The van der Waals surface area contributed by atoms with E-state index in [0.717, 1.165) is 17.7 Å². The molecule has 0 aliphatic carbocycles. The third-order valence-electron chi connectivity index (χ3n) is 3.06. The molecule has 1 unspecified atom stereocenters. The first-order chi connectivity index (χ1) is 10.1. The lowest BCUT2D eigenvalue weighted by molar-refractivity contribution is 0.586. The second-order valence-corrected chi connectivity index (χ2v) is 6.13. The maximum atomic E-state index is 13.7. The molecule has 1 N–H and O–H groups in total. The van der Waals surface area contributed by atoms with E-state index in [1.807, 2.05) is 30.3 Å². The van der Waals surface area contributed by atoms with Crippen LogP contribution in [0, 0.1) is 11.6 Å². The number of thioether (sulfide) groups is 1. The summed E-state index contributed by atoms with van der Waals surface area (Å²) >= 11 is 7.36. The van der Waals surface area contributed by atoms with Crippen molar-refractivity contribution in [3.8, 4) is 0 Å². The van der Waals surface area contributed by atoms with Gasteiger partial charge in [-0.1, -0.05) is 53.7 Å². The van der Waals surface area contributed by atoms with Crippen molar-refractivity contribution in [2.24, 2.45) is 4.99 Å². The van der Waals surface area contributed by atoms with E-state index in [1.54, 1.807) is 0 Å². The van der Waals surface area contributed by atoms with E-state index in [4.69, 9.17) is 11.6 Å². The largest absolute Gasteiger partial charge is 0.331 e. The smallest absolute Gasteiger partial charge is 0.161 e. The highest BCUT2D eigenvalue weighted by atomic mass is 35.5. The number of amidine groups is 1. The highest BCUT2D eigenvalue weighted by Crippen LogP contribution is 2.36. The highest BCUT2D eigenvalue weighted by Gasteiger charge is 2.22. The van der Waals surface area contributed by atoms with Crippen LogP contribution in [0.3, 0.4) is 0 Å². The van der Waals surface area contributed by atoms with E-state index in [1.165, 1.54) is 11.8 Å². The van der Waals surface area contributed by atoms with Crippen molar-refractivity contribution >= 4 is 34.2 Å². The fourth-order valence-electron chi connectivity index (χ4n) is 2.05. The molecule has 0 saturated heterocycles. The molecular weight excluding hydrogens is 314 g/mol. The normalized spacial score (nSPS) is 17.7. The number of hydrogen-bond acceptors (Lipinski definition) is 3. The van der Waals surface area contributed by atoms with Crippen LogP contribution >= 0.6 is 23.4 Å². The van der Waals surface area contributed by atoms with Gasteiger partial charge in [0, 0.05) is 6.07 Å². The van der Waals surface area contributed by atoms with Crippen LogP contribution < -0.4 is 5.32 Å². The maximum Gasteiger partial charge on any atom is 0.161 e. The molecule has 2 aromatic rings. The quantitative estimate of drug-likeness (QED) is 0.852. The minimum atomic E-state index is -0.730. The van der Waals surface area contributed by atoms with Crippen molar-refractivity contribution in [2.45, 2.75) is 5.25 Å². The Kier molecular flexibility index (Phi) is 4.12. The maximum absolute atomic E-state index is 13.7. The molecule has 1 aliphatic heterocycles. The predicted octanol–water partition coefficient (Wildman–Crippen LogP) is 4.87. The Bertz CT molecular complexity index is 668. The minimum absolute atomic E-state index is 0.000962. The van der Waals surface area contributed by atoms with E-state index in [-0.39, 0.29) is 16.0 Å². The third kappa shape index (κ3) is 3.19.